The number of hydrogen-bond donors (Lipinski definition) is 1. The number of carbonyl (C=O) groups excluding carboxylic acids is 4. The Bertz CT molecular complexity index is 495. The molecule has 5 atom stereocenters. The molecule has 10 heteroatoms. The van der Waals surface area contributed by atoms with Gasteiger partial charge in [-0.15, -0.1) is 0 Å². The molecule has 0 spiro atoms. The van der Waals surface area contributed by atoms with Crippen LogP contribution in [0.3, 0.4) is 0 Å². The summed E-state index contributed by atoms with van der Waals surface area (Å²) in [4.78, 5) is 44.7. The largest absolute Gasteiger partial charge is 0.463 e. The summed E-state index contributed by atoms with van der Waals surface area (Å²) in [6.07, 6.45) is -7.45. The van der Waals surface area contributed by atoms with E-state index in [-0.39, 0.29) is 6.61 Å². The fraction of sp³-hybridized carbons (Fsp3) is 0.714. The van der Waals surface area contributed by atoms with Crippen molar-refractivity contribution in [1.29, 1.82) is 0 Å². The predicted octanol–water partition coefficient (Wildman–Crippen LogP) is -0.388. The molecule has 1 aliphatic rings. The average Bonchev–Trinajstić information content (AvgIpc) is 2.42. The SMILES string of the molecule is CC(=O)N[C@H]1O[C@H](COC(C)=O)[C@H](OC(C)=O)[C@H](OC(C)=O)[C@H]1F. The van der Waals surface area contributed by atoms with Crippen molar-refractivity contribution in [3.8, 4) is 0 Å². The standard InChI is InChI=1S/C14H20FNO8/c1-6(17)16-14-11(15)13(23-9(4)20)12(22-8(3)19)10(24-14)5-21-7(2)18/h10-14H,5H2,1-4H3,(H,16,17)/t10-,11-,12+,13-,14+/m1/s1. The number of alkyl halides is 1. The van der Waals surface area contributed by atoms with E-state index >= 15 is 0 Å². The Hall–Kier alpha value is -2.23. The lowest BCUT2D eigenvalue weighted by Crippen LogP contribution is -2.63. The minimum absolute atomic E-state index is 0.381. The van der Waals surface area contributed by atoms with Crippen LogP contribution in [0.4, 0.5) is 4.39 Å². The Balaban J connectivity index is 3.08. The van der Waals surface area contributed by atoms with E-state index in [1.807, 2.05) is 0 Å². The van der Waals surface area contributed by atoms with E-state index in [1.165, 1.54) is 0 Å². The van der Waals surface area contributed by atoms with Crippen molar-refractivity contribution in [2.75, 3.05) is 6.61 Å². The Morgan fingerprint density at radius 3 is 1.96 bits per heavy atom. The fourth-order valence-corrected chi connectivity index (χ4v) is 2.21. The van der Waals surface area contributed by atoms with Crippen molar-refractivity contribution in [1.82, 2.24) is 5.32 Å². The molecule has 9 nitrogen and oxygen atoms in total. The van der Waals surface area contributed by atoms with E-state index in [0.29, 0.717) is 0 Å². The normalized spacial score (nSPS) is 29.3. The quantitative estimate of drug-likeness (QED) is 0.527. The Morgan fingerprint density at radius 2 is 1.50 bits per heavy atom. The zero-order valence-corrected chi connectivity index (χ0v) is 13.7. The van der Waals surface area contributed by atoms with Gasteiger partial charge in [0.05, 0.1) is 0 Å². The van der Waals surface area contributed by atoms with Gasteiger partial charge in [0.25, 0.3) is 0 Å². The molecule has 0 radical (unpaired) electrons. The first-order chi connectivity index (χ1) is 11.1. The summed E-state index contributed by atoms with van der Waals surface area (Å²) in [5.41, 5.74) is 0. The van der Waals surface area contributed by atoms with Crippen LogP contribution in [-0.4, -0.2) is 61.1 Å². The lowest BCUT2D eigenvalue weighted by Gasteiger charge is -2.42. The number of carbonyl (C=O) groups is 4. The third-order valence-electron chi connectivity index (χ3n) is 3.02. The van der Waals surface area contributed by atoms with Crippen LogP contribution in [0.25, 0.3) is 0 Å². The van der Waals surface area contributed by atoms with Gasteiger partial charge in [0.2, 0.25) is 5.91 Å². The summed E-state index contributed by atoms with van der Waals surface area (Å²) in [7, 11) is 0. The van der Waals surface area contributed by atoms with Gasteiger partial charge in [-0.25, -0.2) is 4.39 Å². The van der Waals surface area contributed by atoms with Crippen LogP contribution in [0.2, 0.25) is 0 Å². The molecule has 0 bridgehead atoms. The molecular weight excluding hydrogens is 329 g/mol. The molecule has 24 heavy (non-hydrogen) atoms. The fourth-order valence-electron chi connectivity index (χ4n) is 2.21. The topological polar surface area (TPSA) is 117 Å². The van der Waals surface area contributed by atoms with Crippen molar-refractivity contribution < 1.29 is 42.5 Å². The molecule has 0 aromatic heterocycles. The van der Waals surface area contributed by atoms with Gasteiger partial charge < -0.3 is 24.3 Å². The summed E-state index contributed by atoms with van der Waals surface area (Å²) in [6.45, 7) is 4.06. The molecule has 136 valence electrons. The molecule has 0 unspecified atom stereocenters. The smallest absolute Gasteiger partial charge is 0.303 e. The highest BCUT2D eigenvalue weighted by Crippen LogP contribution is 2.28. The number of halogens is 1. The van der Waals surface area contributed by atoms with E-state index in [2.05, 4.69) is 5.32 Å². The first-order valence-electron chi connectivity index (χ1n) is 7.16. The van der Waals surface area contributed by atoms with Crippen molar-refractivity contribution in [3.63, 3.8) is 0 Å². The van der Waals surface area contributed by atoms with Crippen LogP contribution in [0.15, 0.2) is 0 Å². The lowest BCUT2D eigenvalue weighted by molar-refractivity contribution is -0.239. The predicted molar refractivity (Wildman–Crippen MR) is 75.1 cm³/mol. The number of ether oxygens (including phenoxy) is 4. The maximum absolute atomic E-state index is 14.6. The second-order valence-corrected chi connectivity index (χ2v) is 5.19. The van der Waals surface area contributed by atoms with Gasteiger partial charge in [-0.2, -0.15) is 0 Å². The monoisotopic (exact) mass is 349 g/mol. The Morgan fingerprint density at radius 1 is 0.958 bits per heavy atom. The number of nitrogens with one attached hydrogen (secondary N) is 1. The maximum atomic E-state index is 14.6. The summed E-state index contributed by atoms with van der Waals surface area (Å²) in [5.74, 6) is -2.79. The van der Waals surface area contributed by atoms with Gasteiger partial charge in [0, 0.05) is 27.7 Å². The summed E-state index contributed by atoms with van der Waals surface area (Å²) in [6, 6.07) is 0. The van der Waals surface area contributed by atoms with Crippen molar-refractivity contribution in [2.24, 2.45) is 0 Å². The number of rotatable bonds is 5. The molecule has 0 aliphatic carbocycles. The van der Waals surface area contributed by atoms with Crippen LogP contribution in [-0.2, 0) is 38.1 Å². The highest BCUT2D eigenvalue weighted by molar-refractivity contribution is 5.73. The first kappa shape index (κ1) is 19.8. The van der Waals surface area contributed by atoms with Crippen LogP contribution >= 0.6 is 0 Å². The van der Waals surface area contributed by atoms with Gasteiger partial charge in [0.1, 0.15) is 12.7 Å². The third-order valence-corrected chi connectivity index (χ3v) is 3.02. The molecule has 1 amide bonds. The number of amides is 1. The summed E-state index contributed by atoms with van der Waals surface area (Å²) < 4.78 is 34.6. The molecule has 1 heterocycles. The van der Waals surface area contributed by atoms with Gasteiger partial charge in [0.15, 0.2) is 24.6 Å². The zero-order valence-electron chi connectivity index (χ0n) is 13.7. The van der Waals surface area contributed by atoms with E-state index in [4.69, 9.17) is 18.9 Å². The summed E-state index contributed by atoms with van der Waals surface area (Å²) in [5, 5.41) is 2.22. The highest BCUT2D eigenvalue weighted by Gasteiger charge is 2.51. The minimum Gasteiger partial charge on any atom is -0.463 e. The molecule has 0 aromatic rings. The molecule has 1 saturated heterocycles. The van der Waals surface area contributed by atoms with Crippen molar-refractivity contribution in [2.45, 2.75) is 58.4 Å². The molecule has 0 saturated carbocycles. The van der Waals surface area contributed by atoms with E-state index in [9.17, 15) is 23.6 Å². The maximum Gasteiger partial charge on any atom is 0.303 e. The van der Waals surface area contributed by atoms with Crippen molar-refractivity contribution in [3.05, 3.63) is 0 Å². The molecular formula is C14H20FNO8. The second-order valence-electron chi connectivity index (χ2n) is 5.19. The van der Waals surface area contributed by atoms with Gasteiger partial charge in [-0.1, -0.05) is 0 Å². The Labute approximate surface area is 137 Å². The molecule has 1 fully saturated rings. The molecule has 1 rings (SSSR count). The lowest BCUT2D eigenvalue weighted by atomic mass is 9.98. The number of hydrogen-bond acceptors (Lipinski definition) is 8. The minimum atomic E-state index is -1.99. The van der Waals surface area contributed by atoms with Crippen LogP contribution < -0.4 is 5.32 Å². The molecule has 0 aromatic carbocycles. The average molecular weight is 349 g/mol. The zero-order chi connectivity index (χ0) is 18.4. The van der Waals surface area contributed by atoms with Crippen LogP contribution in [0.1, 0.15) is 27.7 Å². The third kappa shape index (κ3) is 5.76. The van der Waals surface area contributed by atoms with Gasteiger partial charge >= 0.3 is 17.9 Å². The van der Waals surface area contributed by atoms with E-state index < -0.39 is 54.5 Å². The second kappa shape index (κ2) is 8.57. The first-order valence-corrected chi connectivity index (χ1v) is 7.16. The summed E-state index contributed by atoms with van der Waals surface area (Å²) >= 11 is 0. The Kier molecular flexibility index (Phi) is 7.08. The van der Waals surface area contributed by atoms with Gasteiger partial charge in [-0.05, 0) is 0 Å². The van der Waals surface area contributed by atoms with Gasteiger partial charge in [-0.3, -0.25) is 19.2 Å². The van der Waals surface area contributed by atoms with Crippen molar-refractivity contribution >= 4 is 23.8 Å². The van der Waals surface area contributed by atoms with E-state index in [0.717, 1.165) is 27.7 Å². The van der Waals surface area contributed by atoms with Crippen LogP contribution in [0, 0.1) is 0 Å². The van der Waals surface area contributed by atoms with E-state index in [1.54, 1.807) is 0 Å². The molecule has 1 N–H and O–H groups in total. The number of esters is 3. The molecule has 1 aliphatic heterocycles. The highest BCUT2D eigenvalue weighted by atomic mass is 19.1. The van der Waals surface area contributed by atoms with Crippen LogP contribution in [0.5, 0.6) is 0 Å².